The molecule has 4 aliphatic rings. The van der Waals surface area contributed by atoms with Crippen LogP contribution in [-0.2, 0) is 5.41 Å². The van der Waals surface area contributed by atoms with Gasteiger partial charge in [0.05, 0.1) is 11.2 Å². The normalized spacial score (nSPS) is 36.2. The Bertz CT molecular complexity index is 728. The summed E-state index contributed by atoms with van der Waals surface area (Å²) < 4.78 is 1.14. The van der Waals surface area contributed by atoms with Crippen molar-refractivity contribution in [3.63, 3.8) is 0 Å². The molecule has 2 aromatic rings. The van der Waals surface area contributed by atoms with Crippen molar-refractivity contribution in [3.8, 4) is 0 Å². The van der Waals surface area contributed by atoms with Crippen LogP contribution in [0, 0.1) is 24.7 Å². The molecule has 4 bridgehead atoms. The van der Waals surface area contributed by atoms with Crippen molar-refractivity contribution >= 4 is 26.8 Å². The highest BCUT2D eigenvalue weighted by molar-refractivity contribution is 9.10. The molecule has 0 amide bonds. The fourth-order valence-electron chi connectivity index (χ4n) is 6.19. The summed E-state index contributed by atoms with van der Waals surface area (Å²) in [6.07, 6.45) is 8.69. The molecule has 4 aliphatic carbocycles. The molecule has 114 valence electrons. The zero-order valence-electron chi connectivity index (χ0n) is 13.1. The minimum Gasteiger partial charge on any atom is -0.252 e. The van der Waals surface area contributed by atoms with Crippen LogP contribution in [0.3, 0.4) is 0 Å². The fourth-order valence-corrected chi connectivity index (χ4v) is 6.57. The van der Waals surface area contributed by atoms with Crippen LogP contribution in [0.2, 0.25) is 0 Å². The SMILES string of the molecule is Cc1cc2cc(Br)ccc2nc1C12CC3CC(CC(C3)C1)C2. The van der Waals surface area contributed by atoms with Crippen LogP contribution in [0.4, 0.5) is 0 Å². The topological polar surface area (TPSA) is 12.9 Å². The van der Waals surface area contributed by atoms with Gasteiger partial charge in [-0.1, -0.05) is 15.9 Å². The predicted octanol–water partition coefficient (Wildman–Crippen LogP) is 5.77. The van der Waals surface area contributed by atoms with E-state index in [-0.39, 0.29) is 0 Å². The number of hydrogen-bond donors (Lipinski definition) is 0. The average Bonchev–Trinajstić information content (AvgIpc) is 2.44. The molecular weight excluding hydrogens is 334 g/mol. The van der Waals surface area contributed by atoms with Gasteiger partial charge in [0.15, 0.2) is 0 Å². The van der Waals surface area contributed by atoms with Gasteiger partial charge in [-0.25, -0.2) is 0 Å². The summed E-state index contributed by atoms with van der Waals surface area (Å²) in [7, 11) is 0. The number of aryl methyl sites for hydroxylation is 1. The lowest BCUT2D eigenvalue weighted by Gasteiger charge is -2.56. The Morgan fingerprint density at radius 3 is 2.27 bits per heavy atom. The summed E-state index contributed by atoms with van der Waals surface area (Å²) in [5.74, 6) is 2.94. The Morgan fingerprint density at radius 1 is 1.00 bits per heavy atom. The maximum atomic E-state index is 5.19. The van der Waals surface area contributed by atoms with E-state index in [1.807, 2.05) is 0 Å². The van der Waals surface area contributed by atoms with E-state index in [1.54, 1.807) is 0 Å². The third-order valence-electron chi connectivity index (χ3n) is 6.51. The molecule has 0 N–H and O–H groups in total. The van der Waals surface area contributed by atoms with Crippen LogP contribution < -0.4 is 0 Å². The van der Waals surface area contributed by atoms with Crippen molar-refractivity contribution in [1.29, 1.82) is 0 Å². The van der Waals surface area contributed by atoms with Crippen molar-refractivity contribution < 1.29 is 0 Å². The molecule has 0 aliphatic heterocycles. The summed E-state index contributed by atoms with van der Waals surface area (Å²) >= 11 is 3.58. The highest BCUT2D eigenvalue weighted by Gasteiger charge is 2.52. The maximum absolute atomic E-state index is 5.19. The van der Waals surface area contributed by atoms with E-state index >= 15 is 0 Å². The second kappa shape index (κ2) is 4.56. The molecule has 0 atom stereocenters. The first-order valence-corrected chi connectivity index (χ1v) is 9.48. The molecule has 4 fully saturated rings. The molecule has 1 aromatic heterocycles. The van der Waals surface area contributed by atoms with E-state index in [4.69, 9.17) is 4.98 Å². The lowest BCUT2D eigenvalue weighted by atomic mass is 9.48. The fraction of sp³-hybridized carbons (Fsp3) is 0.550. The average molecular weight is 356 g/mol. The Labute approximate surface area is 140 Å². The van der Waals surface area contributed by atoms with E-state index in [0.717, 1.165) is 22.2 Å². The van der Waals surface area contributed by atoms with Crippen LogP contribution >= 0.6 is 15.9 Å². The van der Waals surface area contributed by atoms with Gasteiger partial charge in [-0.2, -0.15) is 0 Å². The van der Waals surface area contributed by atoms with Crippen LogP contribution in [0.5, 0.6) is 0 Å². The molecule has 0 radical (unpaired) electrons. The van der Waals surface area contributed by atoms with Crippen molar-refractivity contribution in [2.75, 3.05) is 0 Å². The van der Waals surface area contributed by atoms with Gasteiger partial charge in [0.25, 0.3) is 0 Å². The van der Waals surface area contributed by atoms with Gasteiger partial charge in [0, 0.05) is 15.3 Å². The van der Waals surface area contributed by atoms with Crippen molar-refractivity contribution in [2.45, 2.75) is 50.9 Å². The summed E-state index contributed by atoms with van der Waals surface area (Å²) in [4.78, 5) is 5.19. The lowest BCUT2D eigenvalue weighted by Crippen LogP contribution is -2.49. The summed E-state index contributed by atoms with van der Waals surface area (Å²) in [6, 6.07) is 8.84. The number of nitrogens with zero attached hydrogens (tertiary/aromatic N) is 1. The van der Waals surface area contributed by atoms with E-state index in [9.17, 15) is 0 Å². The highest BCUT2D eigenvalue weighted by atomic mass is 79.9. The maximum Gasteiger partial charge on any atom is 0.0706 e. The Balaban J connectivity index is 1.67. The Hall–Kier alpha value is -0.890. The Morgan fingerprint density at radius 2 is 1.64 bits per heavy atom. The zero-order valence-corrected chi connectivity index (χ0v) is 14.7. The number of hydrogen-bond acceptors (Lipinski definition) is 1. The molecule has 2 heteroatoms. The van der Waals surface area contributed by atoms with Crippen molar-refractivity contribution in [3.05, 3.63) is 40.0 Å². The second-order valence-corrected chi connectivity index (χ2v) is 9.10. The van der Waals surface area contributed by atoms with Gasteiger partial charge in [-0.05, 0) is 93.0 Å². The Kier molecular flexibility index (Phi) is 2.81. The summed E-state index contributed by atoms with van der Waals surface area (Å²) in [5.41, 5.74) is 4.41. The van der Waals surface area contributed by atoms with Crippen LogP contribution in [0.25, 0.3) is 10.9 Å². The standard InChI is InChI=1S/C20H22BrN/c1-12-4-16-8-17(21)2-3-18(16)22-19(12)20-9-13-5-14(10-20)7-15(6-13)11-20/h2-4,8,13-15H,5-7,9-11H2,1H3. The first-order valence-electron chi connectivity index (χ1n) is 8.69. The minimum atomic E-state index is 0.403. The number of pyridine rings is 1. The number of rotatable bonds is 1. The van der Waals surface area contributed by atoms with E-state index in [1.165, 1.54) is 60.7 Å². The van der Waals surface area contributed by atoms with Gasteiger partial charge in [0.1, 0.15) is 0 Å². The predicted molar refractivity (Wildman–Crippen MR) is 94.0 cm³/mol. The molecule has 0 spiro atoms. The van der Waals surface area contributed by atoms with E-state index in [2.05, 4.69) is 47.1 Å². The van der Waals surface area contributed by atoms with Gasteiger partial charge >= 0.3 is 0 Å². The largest absolute Gasteiger partial charge is 0.252 e. The molecule has 6 rings (SSSR count). The third-order valence-corrected chi connectivity index (χ3v) is 7.00. The first kappa shape index (κ1) is 13.5. The molecule has 1 nitrogen and oxygen atoms in total. The lowest BCUT2D eigenvalue weighted by molar-refractivity contribution is -0.00735. The highest BCUT2D eigenvalue weighted by Crippen LogP contribution is 2.60. The number of halogens is 1. The molecule has 4 saturated carbocycles. The van der Waals surface area contributed by atoms with Gasteiger partial charge in [-0.15, -0.1) is 0 Å². The monoisotopic (exact) mass is 355 g/mol. The first-order chi connectivity index (χ1) is 10.6. The van der Waals surface area contributed by atoms with Gasteiger partial charge < -0.3 is 0 Å². The molecule has 0 unspecified atom stereocenters. The van der Waals surface area contributed by atoms with Crippen molar-refractivity contribution in [1.82, 2.24) is 4.98 Å². The third kappa shape index (κ3) is 1.92. The second-order valence-electron chi connectivity index (χ2n) is 8.19. The molecular formula is C20H22BrN. The van der Waals surface area contributed by atoms with Crippen molar-refractivity contribution in [2.24, 2.45) is 17.8 Å². The number of aromatic nitrogens is 1. The van der Waals surface area contributed by atoms with Crippen LogP contribution in [0.15, 0.2) is 28.7 Å². The summed E-state index contributed by atoms with van der Waals surface area (Å²) in [6.45, 7) is 2.28. The molecule has 1 heterocycles. The van der Waals surface area contributed by atoms with E-state index < -0.39 is 0 Å². The van der Waals surface area contributed by atoms with Gasteiger partial charge in [-0.3, -0.25) is 4.98 Å². The van der Waals surface area contributed by atoms with Gasteiger partial charge in [0.2, 0.25) is 0 Å². The number of fused-ring (bicyclic) bond motifs is 1. The molecule has 0 saturated heterocycles. The summed E-state index contributed by atoms with van der Waals surface area (Å²) in [5, 5.41) is 1.26. The number of benzene rings is 1. The smallest absolute Gasteiger partial charge is 0.0706 e. The zero-order chi connectivity index (χ0) is 14.9. The molecule has 22 heavy (non-hydrogen) atoms. The van der Waals surface area contributed by atoms with E-state index in [0.29, 0.717) is 5.41 Å². The van der Waals surface area contributed by atoms with Crippen LogP contribution in [-0.4, -0.2) is 4.98 Å². The van der Waals surface area contributed by atoms with Crippen LogP contribution in [0.1, 0.15) is 49.8 Å². The molecule has 1 aromatic carbocycles. The minimum absolute atomic E-state index is 0.403. The quantitative estimate of drug-likeness (QED) is 0.632.